The van der Waals surface area contributed by atoms with Crippen molar-refractivity contribution < 1.29 is 9.53 Å². The van der Waals surface area contributed by atoms with E-state index in [1.165, 1.54) is 0 Å². The van der Waals surface area contributed by atoms with Crippen LogP contribution in [0.3, 0.4) is 0 Å². The molecule has 2 heterocycles. The highest BCUT2D eigenvalue weighted by Gasteiger charge is 2.21. The molecule has 0 fully saturated rings. The molecule has 6 heteroatoms. The van der Waals surface area contributed by atoms with E-state index in [9.17, 15) is 4.79 Å². The van der Waals surface area contributed by atoms with E-state index in [0.717, 1.165) is 22.6 Å². The van der Waals surface area contributed by atoms with Gasteiger partial charge in [-0.05, 0) is 50.6 Å². The Morgan fingerprint density at radius 3 is 2.71 bits per heavy atom. The van der Waals surface area contributed by atoms with Crippen molar-refractivity contribution in [2.24, 2.45) is 7.05 Å². The number of aryl methyl sites for hydroxylation is 1. The number of amides is 1. The summed E-state index contributed by atoms with van der Waals surface area (Å²) in [6, 6.07) is 11.9. The van der Waals surface area contributed by atoms with Crippen LogP contribution < -0.4 is 4.74 Å². The number of ether oxygens (including phenoxy) is 1. The molecule has 146 valence electrons. The van der Waals surface area contributed by atoms with Gasteiger partial charge < -0.3 is 14.2 Å². The third-order valence-electron chi connectivity index (χ3n) is 4.43. The number of nitrogens with zero attached hydrogens (tertiary/aromatic N) is 4. The second-order valence-corrected chi connectivity index (χ2v) is 6.96. The lowest BCUT2D eigenvalue weighted by atomic mass is 10.1. The summed E-state index contributed by atoms with van der Waals surface area (Å²) in [5.74, 6) is 0.744. The van der Waals surface area contributed by atoms with Crippen LogP contribution in [-0.4, -0.2) is 38.0 Å². The summed E-state index contributed by atoms with van der Waals surface area (Å²) < 4.78 is 7.37. The van der Waals surface area contributed by atoms with Crippen molar-refractivity contribution in [3.8, 4) is 17.0 Å². The molecule has 28 heavy (non-hydrogen) atoms. The highest BCUT2D eigenvalue weighted by atomic mass is 16.5. The van der Waals surface area contributed by atoms with Gasteiger partial charge in [-0.1, -0.05) is 12.1 Å². The molecule has 3 rings (SSSR count). The number of carbonyl (C=O) groups is 1. The molecule has 1 aromatic carbocycles. The van der Waals surface area contributed by atoms with Gasteiger partial charge in [-0.3, -0.25) is 9.78 Å². The lowest BCUT2D eigenvalue weighted by molar-refractivity contribution is 0.0684. The smallest absolute Gasteiger partial charge is 0.274 e. The summed E-state index contributed by atoms with van der Waals surface area (Å²) in [5, 5.41) is 0. The van der Waals surface area contributed by atoms with Crippen LogP contribution in [0.25, 0.3) is 11.3 Å². The number of carbonyl (C=O) groups excluding carboxylic acids is 1. The molecular weight excluding hydrogens is 352 g/mol. The number of hydrogen-bond donors (Lipinski definition) is 0. The Kier molecular flexibility index (Phi) is 6.09. The van der Waals surface area contributed by atoms with E-state index in [0.29, 0.717) is 18.8 Å². The molecule has 1 amide bonds. The number of imidazole rings is 1. The molecule has 0 aliphatic rings. The van der Waals surface area contributed by atoms with E-state index in [-0.39, 0.29) is 11.9 Å². The number of aromatic nitrogens is 3. The first kappa shape index (κ1) is 19.6. The molecule has 0 aliphatic carbocycles. The molecule has 6 nitrogen and oxygen atoms in total. The summed E-state index contributed by atoms with van der Waals surface area (Å²) in [6.45, 7) is 7.09. The molecule has 0 N–H and O–H groups in total. The van der Waals surface area contributed by atoms with Crippen molar-refractivity contribution >= 4 is 5.91 Å². The first-order valence-electron chi connectivity index (χ1n) is 9.45. The van der Waals surface area contributed by atoms with Crippen molar-refractivity contribution in [1.82, 2.24) is 19.4 Å². The molecule has 0 saturated heterocycles. The molecule has 2 aromatic heterocycles. The van der Waals surface area contributed by atoms with Gasteiger partial charge in [0, 0.05) is 37.6 Å². The minimum atomic E-state index is -0.0766. The van der Waals surface area contributed by atoms with Gasteiger partial charge in [0.05, 0.1) is 18.6 Å². The number of pyridine rings is 1. The van der Waals surface area contributed by atoms with Gasteiger partial charge in [-0.2, -0.15) is 0 Å². The Morgan fingerprint density at radius 1 is 1.21 bits per heavy atom. The molecule has 0 aliphatic heterocycles. The van der Waals surface area contributed by atoms with Crippen molar-refractivity contribution in [3.05, 3.63) is 66.4 Å². The van der Waals surface area contributed by atoms with Crippen LogP contribution in [0.4, 0.5) is 0 Å². The Labute approximate surface area is 165 Å². The second-order valence-electron chi connectivity index (χ2n) is 6.96. The summed E-state index contributed by atoms with van der Waals surface area (Å²) in [5.41, 5.74) is 3.31. The standard InChI is InChI=1S/C22H26N4O2/c1-5-28-19-8-6-7-18(12-19)20-11-17(9-10-23-20)13-26(16(2)3)22(27)21-14-25(4)15-24-21/h6-12,14-16H,5,13H2,1-4H3. The quantitative estimate of drug-likeness (QED) is 0.625. The highest BCUT2D eigenvalue weighted by Crippen LogP contribution is 2.24. The lowest BCUT2D eigenvalue weighted by Gasteiger charge is -2.26. The maximum atomic E-state index is 12.9. The molecule has 3 aromatic rings. The summed E-state index contributed by atoms with van der Waals surface area (Å²) >= 11 is 0. The van der Waals surface area contributed by atoms with Crippen LogP contribution in [0.15, 0.2) is 55.1 Å². The van der Waals surface area contributed by atoms with Crippen LogP contribution >= 0.6 is 0 Å². The van der Waals surface area contributed by atoms with E-state index >= 15 is 0 Å². The average Bonchev–Trinajstić information content (AvgIpc) is 3.12. The Morgan fingerprint density at radius 2 is 2.04 bits per heavy atom. The summed E-state index contributed by atoms with van der Waals surface area (Å²) in [6.07, 6.45) is 5.17. The maximum Gasteiger partial charge on any atom is 0.274 e. The maximum absolute atomic E-state index is 12.9. The van der Waals surface area contributed by atoms with Crippen LogP contribution in [0.2, 0.25) is 0 Å². The Balaban J connectivity index is 1.84. The molecule has 0 atom stereocenters. The topological polar surface area (TPSA) is 60.2 Å². The van der Waals surface area contributed by atoms with Crippen LogP contribution in [-0.2, 0) is 13.6 Å². The van der Waals surface area contributed by atoms with E-state index in [1.54, 1.807) is 23.3 Å². The largest absolute Gasteiger partial charge is 0.494 e. The fraction of sp³-hybridized carbons (Fsp3) is 0.318. The third-order valence-corrected chi connectivity index (χ3v) is 4.43. The van der Waals surface area contributed by atoms with Crippen molar-refractivity contribution in [1.29, 1.82) is 0 Å². The molecule has 0 saturated carbocycles. The van der Waals surface area contributed by atoms with Crippen LogP contribution in [0.5, 0.6) is 5.75 Å². The van der Waals surface area contributed by atoms with E-state index < -0.39 is 0 Å². The fourth-order valence-corrected chi connectivity index (χ4v) is 3.00. The van der Waals surface area contributed by atoms with Gasteiger partial charge >= 0.3 is 0 Å². The van der Waals surface area contributed by atoms with Crippen molar-refractivity contribution in [3.63, 3.8) is 0 Å². The average molecular weight is 378 g/mol. The molecule has 0 spiro atoms. The van der Waals surface area contributed by atoms with E-state index in [2.05, 4.69) is 9.97 Å². The predicted molar refractivity (Wildman–Crippen MR) is 109 cm³/mol. The summed E-state index contributed by atoms with van der Waals surface area (Å²) in [7, 11) is 1.86. The minimum Gasteiger partial charge on any atom is -0.494 e. The third kappa shape index (κ3) is 4.57. The predicted octanol–water partition coefficient (Wildman–Crippen LogP) is 3.93. The molecular formula is C22H26N4O2. The molecule has 0 bridgehead atoms. The van der Waals surface area contributed by atoms with E-state index in [4.69, 9.17) is 4.74 Å². The van der Waals surface area contributed by atoms with Gasteiger partial charge in [0.1, 0.15) is 11.4 Å². The lowest BCUT2D eigenvalue weighted by Crippen LogP contribution is -2.36. The van der Waals surface area contributed by atoms with Gasteiger partial charge in [0.2, 0.25) is 0 Å². The van der Waals surface area contributed by atoms with Gasteiger partial charge in [-0.25, -0.2) is 4.98 Å². The van der Waals surface area contributed by atoms with Gasteiger partial charge in [-0.15, -0.1) is 0 Å². The second kappa shape index (κ2) is 8.69. The first-order valence-corrected chi connectivity index (χ1v) is 9.45. The van der Waals surface area contributed by atoms with E-state index in [1.807, 2.05) is 69.1 Å². The number of benzene rings is 1. The molecule has 0 unspecified atom stereocenters. The van der Waals surface area contributed by atoms with Gasteiger partial charge in [0.25, 0.3) is 5.91 Å². The normalized spacial score (nSPS) is 10.9. The fourth-order valence-electron chi connectivity index (χ4n) is 3.00. The first-order chi connectivity index (χ1) is 13.5. The monoisotopic (exact) mass is 378 g/mol. The zero-order chi connectivity index (χ0) is 20.1. The zero-order valence-electron chi connectivity index (χ0n) is 16.8. The van der Waals surface area contributed by atoms with Crippen LogP contribution in [0, 0.1) is 0 Å². The van der Waals surface area contributed by atoms with Crippen molar-refractivity contribution in [2.45, 2.75) is 33.4 Å². The zero-order valence-corrected chi connectivity index (χ0v) is 16.8. The minimum absolute atomic E-state index is 0.0485. The highest BCUT2D eigenvalue weighted by molar-refractivity contribution is 5.92. The summed E-state index contributed by atoms with van der Waals surface area (Å²) in [4.78, 5) is 23.4. The number of rotatable bonds is 7. The van der Waals surface area contributed by atoms with Gasteiger partial charge in [0.15, 0.2) is 0 Å². The van der Waals surface area contributed by atoms with Crippen LogP contribution in [0.1, 0.15) is 36.8 Å². The van der Waals surface area contributed by atoms with Crippen molar-refractivity contribution in [2.75, 3.05) is 6.61 Å². The number of hydrogen-bond acceptors (Lipinski definition) is 4. The Bertz CT molecular complexity index is 949. The Hall–Kier alpha value is -3.15. The molecule has 0 radical (unpaired) electrons. The SMILES string of the molecule is CCOc1cccc(-c2cc(CN(C(=O)c3cn(C)cn3)C(C)C)ccn2)c1.